The van der Waals surface area contributed by atoms with Crippen LogP contribution in [0, 0.1) is 0 Å². The highest BCUT2D eigenvalue weighted by atomic mass is 16.5. The highest BCUT2D eigenvalue weighted by Crippen LogP contribution is 2.35. The highest BCUT2D eigenvalue weighted by molar-refractivity contribution is 6.10. The Bertz CT molecular complexity index is 1190. The maximum Gasteiger partial charge on any atom is 0.342 e. The zero-order valence-corrected chi connectivity index (χ0v) is 14.1. The summed E-state index contributed by atoms with van der Waals surface area (Å²) in [5, 5.41) is 21.9. The van der Waals surface area contributed by atoms with Crippen molar-refractivity contribution in [1.29, 1.82) is 0 Å². The second kappa shape index (κ2) is 6.49. The summed E-state index contributed by atoms with van der Waals surface area (Å²) in [7, 11) is 0. The number of fused-ring (bicyclic) bond motifs is 2. The van der Waals surface area contributed by atoms with E-state index in [2.05, 4.69) is 4.98 Å². The highest BCUT2D eigenvalue weighted by Gasteiger charge is 2.20. The van der Waals surface area contributed by atoms with Gasteiger partial charge in [-0.25, -0.2) is 4.79 Å². The summed E-state index contributed by atoms with van der Waals surface area (Å²) < 4.78 is 5.07. The Morgan fingerprint density at radius 2 is 1.56 bits per heavy atom. The van der Waals surface area contributed by atoms with E-state index in [0.717, 1.165) is 17.0 Å². The van der Waals surface area contributed by atoms with Gasteiger partial charge in [0.1, 0.15) is 17.1 Å². The molecule has 1 aromatic heterocycles. The minimum atomic E-state index is -0.887. The van der Waals surface area contributed by atoms with Crippen LogP contribution >= 0.6 is 0 Å². The van der Waals surface area contributed by atoms with Gasteiger partial charge < -0.3 is 19.9 Å². The van der Waals surface area contributed by atoms with E-state index >= 15 is 0 Å². The molecule has 4 aromatic rings. The van der Waals surface area contributed by atoms with Gasteiger partial charge in [0, 0.05) is 33.4 Å². The molecule has 0 unspecified atom stereocenters. The number of aromatic hydroxyl groups is 2. The van der Waals surface area contributed by atoms with E-state index in [4.69, 9.17) is 4.74 Å². The Kier molecular flexibility index (Phi) is 4.01. The first-order valence-corrected chi connectivity index (χ1v) is 8.26. The van der Waals surface area contributed by atoms with Crippen molar-refractivity contribution in [2.75, 3.05) is 6.61 Å². The number of esters is 1. The molecule has 6 heteroatoms. The summed E-state index contributed by atoms with van der Waals surface area (Å²) in [5.41, 5.74) is 1.03. The minimum absolute atomic E-state index is 0.154. The number of H-pyrrole nitrogens is 1. The molecular formula is C21H15NO5. The van der Waals surface area contributed by atoms with Crippen LogP contribution in [-0.2, 0) is 4.74 Å². The zero-order valence-electron chi connectivity index (χ0n) is 14.1. The molecule has 4 rings (SSSR count). The number of nitrogens with one attached hydrogen (secondary N) is 1. The molecule has 0 aliphatic carbocycles. The number of aromatic amines is 1. The maximum atomic E-state index is 12.4. The number of carbonyl (C=O) groups excluding carboxylic acids is 2. The molecule has 6 nitrogen and oxygen atoms in total. The van der Waals surface area contributed by atoms with E-state index in [1.165, 1.54) is 0 Å². The summed E-state index contributed by atoms with van der Waals surface area (Å²) >= 11 is 0. The summed E-state index contributed by atoms with van der Waals surface area (Å²) in [6, 6.07) is 15.0. The smallest absolute Gasteiger partial charge is 0.342 e. The van der Waals surface area contributed by atoms with E-state index in [1.807, 2.05) is 18.2 Å². The molecule has 0 saturated carbocycles. The molecular weight excluding hydrogens is 346 g/mol. The lowest BCUT2D eigenvalue weighted by molar-refractivity contribution is 0.0472. The van der Waals surface area contributed by atoms with Gasteiger partial charge in [-0.3, -0.25) is 4.79 Å². The van der Waals surface area contributed by atoms with Crippen LogP contribution in [-0.4, -0.2) is 33.6 Å². The first-order valence-electron chi connectivity index (χ1n) is 8.26. The Hall–Kier alpha value is -3.80. The molecule has 0 spiro atoms. The van der Waals surface area contributed by atoms with Crippen molar-refractivity contribution in [2.45, 2.75) is 0 Å². The number of hydrogen-bond acceptors (Lipinski definition) is 5. The van der Waals surface area contributed by atoms with Gasteiger partial charge in [0.2, 0.25) is 5.78 Å². The Balaban J connectivity index is 1.57. The number of rotatable bonds is 4. The minimum Gasteiger partial charge on any atom is -0.507 e. The lowest BCUT2D eigenvalue weighted by Gasteiger charge is -2.09. The van der Waals surface area contributed by atoms with Crippen molar-refractivity contribution in [3.8, 4) is 11.5 Å². The van der Waals surface area contributed by atoms with Crippen molar-refractivity contribution < 1.29 is 24.5 Å². The molecule has 0 bridgehead atoms. The van der Waals surface area contributed by atoms with Crippen LogP contribution < -0.4 is 0 Å². The van der Waals surface area contributed by atoms with Crippen LogP contribution in [0.1, 0.15) is 20.7 Å². The van der Waals surface area contributed by atoms with Crippen LogP contribution in [0.5, 0.6) is 11.5 Å². The van der Waals surface area contributed by atoms with E-state index in [1.54, 1.807) is 36.5 Å². The van der Waals surface area contributed by atoms with Crippen molar-refractivity contribution in [2.24, 2.45) is 0 Å². The number of phenolic OH excluding ortho intramolecular Hbond substituents is 2. The first kappa shape index (κ1) is 16.7. The number of Topliss-reactive ketones (excluding diaryl/α,β-unsaturated/α-hetero) is 1. The second-order valence-electron chi connectivity index (χ2n) is 6.08. The molecule has 0 saturated heterocycles. The van der Waals surface area contributed by atoms with Crippen molar-refractivity contribution in [1.82, 2.24) is 4.98 Å². The normalized spacial score (nSPS) is 11.0. The second-order valence-corrected chi connectivity index (χ2v) is 6.08. The van der Waals surface area contributed by atoms with E-state index in [0.29, 0.717) is 16.3 Å². The third-order valence-electron chi connectivity index (χ3n) is 4.44. The fourth-order valence-corrected chi connectivity index (χ4v) is 3.09. The van der Waals surface area contributed by atoms with Gasteiger partial charge in [-0.1, -0.05) is 42.5 Å². The molecule has 0 radical (unpaired) electrons. The number of carbonyl (C=O) groups is 2. The lowest BCUT2D eigenvalue weighted by Crippen LogP contribution is -2.14. The van der Waals surface area contributed by atoms with Gasteiger partial charge in [0.05, 0.1) is 0 Å². The van der Waals surface area contributed by atoms with Gasteiger partial charge in [-0.15, -0.1) is 0 Å². The van der Waals surface area contributed by atoms with Crippen molar-refractivity contribution >= 4 is 33.4 Å². The largest absolute Gasteiger partial charge is 0.507 e. The first-order chi connectivity index (χ1) is 13.1. The standard InChI is InChI=1S/C21H15NO5/c23-18-9-15(20(25)14-7-2-1-6-13(14)18)21(26)27-11-19(24)16-10-22-17-8-4-3-5-12(16)17/h1-10,22-23,25H,11H2. The van der Waals surface area contributed by atoms with E-state index in [-0.39, 0.29) is 22.8 Å². The van der Waals surface area contributed by atoms with Crippen LogP contribution in [0.3, 0.4) is 0 Å². The molecule has 0 aliphatic heterocycles. The number of benzene rings is 3. The topological polar surface area (TPSA) is 99.6 Å². The number of phenols is 2. The molecule has 0 aliphatic rings. The Labute approximate surface area is 153 Å². The SMILES string of the molecule is O=C(OCC(=O)c1c[nH]c2ccccc12)c1cc(O)c2ccccc2c1O. The Morgan fingerprint density at radius 1 is 0.889 bits per heavy atom. The van der Waals surface area contributed by atoms with E-state index < -0.39 is 12.6 Å². The van der Waals surface area contributed by atoms with E-state index in [9.17, 15) is 19.8 Å². The average molecular weight is 361 g/mol. The predicted octanol–water partition coefficient (Wildman–Crippen LogP) is 3.77. The zero-order chi connectivity index (χ0) is 19.0. The van der Waals surface area contributed by atoms with Crippen LogP contribution in [0.4, 0.5) is 0 Å². The molecule has 27 heavy (non-hydrogen) atoms. The molecule has 0 amide bonds. The molecule has 3 aromatic carbocycles. The van der Waals surface area contributed by atoms with Gasteiger partial charge in [0.25, 0.3) is 0 Å². The summed E-state index contributed by atoms with van der Waals surface area (Å²) in [5.74, 6) is -1.71. The quantitative estimate of drug-likeness (QED) is 0.292. The number of ketones is 1. The van der Waals surface area contributed by atoms with Crippen LogP contribution in [0.25, 0.3) is 21.7 Å². The lowest BCUT2D eigenvalue weighted by atomic mass is 10.0. The fourth-order valence-electron chi connectivity index (χ4n) is 3.09. The monoisotopic (exact) mass is 361 g/mol. The molecule has 1 heterocycles. The molecule has 0 fully saturated rings. The number of para-hydroxylation sites is 1. The van der Waals surface area contributed by atoms with Crippen molar-refractivity contribution in [3.63, 3.8) is 0 Å². The van der Waals surface area contributed by atoms with Crippen molar-refractivity contribution in [3.05, 3.63) is 71.9 Å². The van der Waals surface area contributed by atoms with Gasteiger partial charge >= 0.3 is 5.97 Å². The summed E-state index contributed by atoms with van der Waals surface area (Å²) in [4.78, 5) is 27.7. The number of ether oxygens (including phenoxy) is 1. The average Bonchev–Trinajstić information content (AvgIpc) is 3.13. The summed E-state index contributed by atoms with van der Waals surface area (Å²) in [6.07, 6.45) is 1.57. The van der Waals surface area contributed by atoms with Crippen LogP contribution in [0.15, 0.2) is 60.8 Å². The van der Waals surface area contributed by atoms with Gasteiger partial charge in [-0.05, 0) is 12.1 Å². The summed E-state index contributed by atoms with van der Waals surface area (Å²) in [6.45, 7) is -0.478. The predicted molar refractivity (Wildman–Crippen MR) is 100 cm³/mol. The third-order valence-corrected chi connectivity index (χ3v) is 4.44. The number of aromatic nitrogens is 1. The molecule has 0 atom stereocenters. The van der Waals surface area contributed by atoms with Gasteiger partial charge in [0.15, 0.2) is 6.61 Å². The number of hydrogen-bond donors (Lipinski definition) is 3. The maximum absolute atomic E-state index is 12.4. The molecule has 3 N–H and O–H groups in total. The Morgan fingerprint density at radius 3 is 2.33 bits per heavy atom. The van der Waals surface area contributed by atoms with Gasteiger partial charge in [-0.2, -0.15) is 0 Å². The van der Waals surface area contributed by atoms with Crippen LogP contribution in [0.2, 0.25) is 0 Å². The fraction of sp³-hybridized carbons (Fsp3) is 0.0476. The third kappa shape index (κ3) is 2.87. The molecule has 134 valence electrons.